The molecule has 1 atom stereocenters. The highest BCUT2D eigenvalue weighted by molar-refractivity contribution is 7.89. The van der Waals surface area contributed by atoms with Crippen LogP contribution in [0, 0.1) is 0 Å². The van der Waals surface area contributed by atoms with Crippen molar-refractivity contribution in [3.8, 4) is 0 Å². The molecule has 0 aliphatic rings. The summed E-state index contributed by atoms with van der Waals surface area (Å²) < 4.78 is 30.6. The van der Waals surface area contributed by atoms with E-state index in [1.807, 2.05) is 0 Å². The molecular weight excluding hydrogens is 288 g/mol. The van der Waals surface area contributed by atoms with Crippen LogP contribution in [0.1, 0.15) is 24.2 Å². The van der Waals surface area contributed by atoms with E-state index in [9.17, 15) is 18.0 Å². The highest BCUT2D eigenvalue weighted by Crippen LogP contribution is 2.07. The number of ether oxygens (including phenoxy) is 1. The van der Waals surface area contributed by atoms with Crippen LogP contribution in [-0.4, -0.2) is 43.1 Å². The van der Waals surface area contributed by atoms with Crippen LogP contribution in [0.4, 0.5) is 0 Å². The number of pyridine rings is 1. The zero-order valence-electron chi connectivity index (χ0n) is 10.9. The number of nitrogens with one attached hydrogen (secondary N) is 1. The smallest absolute Gasteiger partial charge is 0.337 e. The van der Waals surface area contributed by atoms with E-state index in [0.29, 0.717) is 0 Å². The van der Waals surface area contributed by atoms with Crippen LogP contribution in [0.15, 0.2) is 23.4 Å². The van der Waals surface area contributed by atoms with Crippen molar-refractivity contribution in [2.75, 3.05) is 6.61 Å². The van der Waals surface area contributed by atoms with Gasteiger partial charge in [0, 0.05) is 6.20 Å². The number of carboxylic acids is 1. The first-order valence-corrected chi connectivity index (χ1v) is 7.14. The molecule has 1 unspecified atom stereocenters. The molecule has 0 fully saturated rings. The zero-order valence-corrected chi connectivity index (χ0v) is 11.7. The van der Waals surface area contributed by atoms with Gasteiger partial charge in [0.2, 0.25) is 0 Å². The van der Waals surface area contributed by atoms with Crippen LogP contribution in [0.5, 0.6) is 0 Å². The van der Waals surface area contributed by atoms with E-state index in [1.165, 1.54) is 6.92 Å². The van der Waals surface area contributed by atoms with Gasteiger partial charge in [0.05, 0.1) is 12.2 Å². The molecule has 0 bridgehead atoms. The molecule has 2 N–H and O–H groups in total. The Morgan fingerprint density at radius 3 is 2.55 bits per heavy atom. The number of aromatic carboxylic acids is 1. The molecule has 1 rings (SSSR count). The quantitative estimate of drug-likeness (QED) is 0.709. The van der Waals surface area contributed by atoms with Crippen molar-refractivity contribution in [1.29, 1.82) is 0 Å². The first-order chi connectivity index (χ1) is 9.27. The Balaban J connectivity index is 2.88. The van der Waals surface area contributed by atoms with Gasteiger partial charge in [-0.25, -0.2) is 18.2 Å². The number of carboxylic acid groups (broad SMARTS) is 1. The Morgan fingerprint density at radius 1 is 1.45 bits per heavy atom. The van der Waals surface area contributed by atoms with E-state index >= 15 is 0 Å². The highest BCUT2D eigenvalue weighted by atomic mass is 32.2. The third-order valence-corrected chi connectivity index (χ3v) is 3.69. The van der Waals surface area contributed by atoms with Gasteiger partial charge in [-0.3, -0.25) is 4.79 Å². The number of nitrogens with zero attached hydrogens (tertiary/aromatic N) is 1. The fraction of sp³-hybridized carbons (Fsp3) is 0.364. The molecule has 0 saturated heterocycles. The summed E-state index contributed by atoms with van der Waals surface area (Å²) >= 11 is 0. The number of hydrogen-bond acceptors (Lipinski definition) is 6. The van der Waals surface area contributed by atoms with Crippen molar-refractivity contribution < 1.29 is 27.9 Å². The average Bonchev–Trinajstić information content (AvgIpc) is 2.38. The third-order valence-electron chi connectivity index (χ3n) is 2.23. The van der Waals surface area contributed by atoms with Gasteiger partial charge in [-0.2, -0.15) is 4.72 Å². The van der Waals surface area contributed by atoms with Crippen LogP contribution in [0.2, 0.25) is 0 Å². The molecule has 1 heterocycles. The van der Waals surface area contributed by atoms with Crippen LogP contribution in [-0.2, 0) is 19.6 Å². The van der Waals surface area contributed by atoms with Gasteiger partial charge in [-0.05, 0) is 26.0 Å². The largest absolute Gasteiger partial charge is 0.478 e. The predicted molar refractivity (Wildman–Crippen MR) is 67.6 cm³/mol. The molecule has 0 aromatic carbocycles. The molecule has 0 radical (unpaired) electrons. The number of sulfonamides is 1. The molecular formula is C11H14N2O6S. The van der Waals surface area contributed by atoms with Crippen molar-refractivity contribution in [2.24, 2.45) is 0 Å². The number of esters is 1. The minimum atomic E-state index is -4.02. The van der Waals surface area contributed by atoms with Crippen molar-refractivity contribution in [1.82, 2.24) is 9.71 Å². The summed E-state index contributed by atoms with van der Waals surface area (Å²) in [5, 5.41) is 8.31. The maximum atomic E-state index is 11.9. The molecule has 110 valence electrons. The van der Waals surface area contributed by atoms with Gasteiger partial charge in [-0.1, -0.05) is 0 Å². The topological polar surface area (TPSA) is 123 Å². The van der Waals surface area contributed by atoms with Crippen molar-refractivity contribution >= 4 is 22.0 Å². The Hall–Kier alpha value is -2.00. The second-order valence-corrected chi connectivity index (χ2v) is 5.45. The lowest BCUT2D eigenvalue weighted by Crippen LogP contribution is -2.39. The SMILES string of the molecule is CCOC(=O)C(C)NS(=O)(=O)c1ccc(C(=O)O)cn1. The highest BCUT2D eigenvalue weighted by Gasteiger charge is 2.24. The van der Waals surface area contributed by atoms with Gasteiger partial charge in [0.15, 0.2) is 5.03 Å². The number of aromatic nitrogens is 1. The van der Waals surface area contributed by atoms with Gasteiger partial charge >= 0.3 is 11.9 Å². The van der Waals surface area contributed by atoms with E-state index in [1.54, 1.807) is 6.92 Å². The van der Waals surface area contributed by atoms with Crippen LogP contribution in [0.3, 0.4) is 0 Å². The maximum Gasteiger partial charge on any atom is 0.337 e. The molecule has 20 heavy (non-hydrogen) atoms. The second-order valence-electron chi connectivity index (χ2n) is 3.79. The Bertz CT molecular complexity index is 596. The minimum Gasteiger partial charge on any atom is -0.478 e. The number of carbonyl (C=O) groups excluding carboxylic acids is 1. The second kappa shape index (κ2) is 6.44. The molecule has 1 aromatic heterocycles. The van der Waals surface area contributed by atoms with Crippen LogP contribution in [0.25, 0.3) is 0 Å². The third kappa shape index (κ3) is 4.00. The predicted octanol–water partition coefficient (Wildman–Crippen LogP) is 0.00970. The fourth-order valence-corrected chi connectivity index (χ4v) is 2.40. The average molecular weight is 302 g/mol. The van der Waals surface area contributed by atoms with E-state index in [-0.39, 0.29) is 17.2 Å². The Morgan fingerprint density at radius 2 is 2.10 bits per heavy atom. The number of hydrogen-bond donors (Lipinski definition) is 2. The van der Waals surface area contributed by atoms with Crippen LogP contribution < -0.4 is 4.72 Å². The van der Waals surface area contributed by atoms with Crippen molar-refractivity contribution in [2.45, 2.75) is 24.9 Å². The molecule has 0 saturated carbocycles. The first kappa shape index (κ1) is 16.1. The maximum absolute atomic E-state index is 11.9. The lowest BCUT2D eigenvalue weighted by molar-refractivity contribution is -0.144. The summed E-state index contributed by atoms with van der Waals surface area (Å²) in [6.07, 6.45) is 0.923. The van der Waals surface area contributed by atoms with Gasteiger partial charge in [0.25, 0.3) is 10.0 Å². The standard InChI is InChI=1S/C11H14N2O6S/c1-3-19-11(16)7(2)13-20(17,18)9-5-4-8(6-12-9)10(14)15/h4-7,13H,3H2,1-2H3,(H,14,15). The Labute approximate surface area is 115 Å². The summed E-state index contributed by atoms with van der Waals surface area (Å²) in [4.78, 5) is 25.5. The summed E-state index contributed by atoms with van der Waals surface area (Å²) in [6, 6.07) is 1.09. The van der Waals surface area contributed by atoms with E-state index in [2.05, 4.69) is 14.4 Å². The van der Waals surface area contributed by atoms with Crippen LogP contribution >= 0.6 is 0 Å². The summed E-state index contributed by atoms with van der Waals surface area (Å²) in [6.45, 7) is 3.07. The molecule has 9 heteroatoms. The molecule has 0 amide bonds. The zero-order chi connectivity index (χ0) is 15.3. The summed E-state index contributed by atoms with van der Waals surface area (Å²) in [5.41, 5.74) is -0.137. The number of carbonyl (C=O) groups is 2. The minimum absolute atomic E-state index is 0.135. The van der Waals surface area contributed by atoms with E-state index < -0.39 is 28.0 Å². The van der Waals surface area contributed by atoms with Crippen molar-refractivity contribution in [3.63, 3.8) is 0 Å². The van der Waals surface area contributed by atoms with Gasteiger partial charge < -0.3 is 9.84 Å². The molecule has 0 spiro atoms. The Kier molecular flexibility index (Phi) is 5.17. The lowest BCUT2D eigenvalue weighted by Gasteiger charge is -2.12. The van der Waals surface area contributed by atoms with E-state index in [4.69, 9.17) is 5.11 Å². The first-order valence-electron chi connectivity index (χ1n) is 5.66. The summed E-state index contributed by atoms with van der Waals surface area (Å²) in [5.74, 6) is -1.92. The monoisotopic (exact) mass is 302 g/mol. The lowest BCUT2D eigenvalue weighted by atomic mass is 10.3. The normalized spacial score (nSPS) is 12.7. The molecule has 0 aliphatic heterocycles. The molecule has 8 nitrogen and oxygen atoms in total. The van der Waals surface area contributed by atoms with Gasteiger partial charge in [0.1, 0.15) is 6.04 Å². The van der Waals surface area contributed by atoms with Crippen molar-refractivity contribution in [3.05, 3.63) is 23.9 Å². The fourth-order valence-electron chi connectivity index (χ4n) is 1.27. The van der Waals surface area contributed by atoms with Gasteiger partial charge in [-0.15, -0.1) is 0 Å². The van der Waals surface area contributed by atoms with E-state index in [0.717, 1.165) is 18.3 Å². The molecule has 0 aliphatic carbocycles. The number of rotatable bonds is 6. The summed E-state index contributed by atoms with van der Waals surface area (Å²) in [7, 11) is -4.02. The molecule has 1 aromatic rings.